The largest absolute Gasteiger partial charge is 0.459 e. The standard InChI is InChI=1S/C8H9N5O2/c1-5(14)15-3-6-2-7(9)13-8(12-6)10-4-11-13/h2,4H,3,9H2,1H3. The average Bonchev–Trinajstić information content (AvgIpc) is 2.63. The van der Waals surface area contributed by atoms with Crippen molar-refractivity contribution in [2.45, 2.75) is 13.5 Å². The first-order valence-corrected chi connectivity index (χ1v) is 4.25. The van der Waals surface area contributed by atoms with E-state index >= 15 is 0 Å². The molecule has 0 fully saturated rings. The first kappa shape index (κ1) is 9.38. The molecular weight excluding hydrogens is 198 g/mol. The van der Waals surface area contributed by atoms with E-state index in [1.807, 2.05) is 0 Å². The minimum absolute atomic E-state index is 0.0862. The molecule has 0 aliphatic carbocycles. The van der Waals surface area contributed by atoms with Crippen LogP contribution in [0.3, 0.4) is 0 Å². The molecule has 2 N–H and O–H groups in total. The third kappa shape index (κ3) is 1.85. The van der Waals surface area contributed by atoms with Crippen molar-refractivity contribution in [3.8, 4) is 0 Å². The second-order valence-electron chi connectivity index (χ2n) is 2.92. The molecule has 0 saturated heterocycles. The molecular formula is C8H9N5O2. The monoisotopic (exact) mass is 207 g/mol. The van der Waals surface area contributed by atoms with Crippen molar-refractivity contribution in [1.29, 1.82) is 0 Å². The summed E-state index contributed by atoms with van der Waals surface area (Å²) < 4.78 is 6.19. The number of hydrogen-bond donors (Lipinski definition) is 1. The molecule has 0 aliphatic rings. The molecule has 2 rings (SSSR count). The molecule has 0 unspecified atom stereocenters. The molecule has 7 heteroatoms. The van der Waals surface area contributed by atoms with Gasteiger partial charge in [-0.1, -0.05) is 0 Å². The Bertz CT molecular complexity index is 507. The number of carbonyl (C=O) groups is 1. The van der Waals surface area contributed by atoms with Crippen LogP contribution >= 0.6 is 0 Å². The lowest BCUT2D eigenvalue weighted by molar-refractivity contribution is -0.142. The van der Waals surface area contributed by atoms with E-state index in [1.165, 1.54) is 17.8 Å². The Balaban J connectivity index is 2.32. The number of nitrogen functional groups attached to an aromatic ring is 1. The van der Waals surface area contributed by atoms with Crippen LogP contribution in [-0.4, -0.2) is 25.6 Å². The Labute approximate surface area is 84.9 Å². The molecule has 0 radical (unpaired) electrons. The van der Waals surface area contributed by atoms with Gasteiger partial charge in [0.15, 0.2) is 0 Å². The Morgan fingerprint density at radius 3 is 3.20 bits per heavy atom. The highest BCUT2D eigenvalue weighted by Gasteiger charge is 2.05. The van der Waals surface area contributed by atoms with Gasteiger partial charge in [0.25, 0.3) is 5.78 Å². The molecule has 7 nitrogen and oxygen atoms in total. The number of hydrogen-bond acceptors (Lipinski definition) is 6. The lowest BCUT2D eigenvalue weighted by atomic mass is 10.4. The highest BCUT2D eigenvalue weighted by atomic mass is 16.5. The zero-order valence-electron chi connectivity index (χ0n) is 8.04. The van der Waals surface area contributed by atoms with Crippen molar-refractivity contribution >= 4 is 17.6 Å². The lowest BCUT2D eigenvalue weighted by Gasteiger charge is -2.03. The minimum Gasteiger partial charge on any atom is -0.459 e. The van der Waals surface area contributed by atoms with Crippen LogP contribution in [0.25, 0.3) is 5.78 Å². The quantitative estimate of drug-likeness (QED) is 0.683. The van der Waals surface area contributed by atoms with E-state index in [9.17, 15) is 4.79 Å². The molecule has 15 heavy (non-hydrogen) atoms. The third-order valence-electron chi connectivity index (χ3n) is 1.76. The van der Waals surface area contributed by atoms with Crippen LogP contribution in [-0.2, 0) is 16.1 Å². The van der Waals surface area contributed by atoms with Gasteiger partial charge in [-0.15, -0.1) is 0 Å². The molecule has 0 bridgehead atoms. The molecule has 0 aliphatic heterocycles. The number of rotatable bonds is 2. The first-order chi connectivity index (χ1) is 7.16. The summed E-state index contributed by atoms with van der Waals surface area (Å²) in [6, 6.07) is 1.59. The number of nitrogens with zero attached hydrogens (tertiary/aromatic N) is 4. The van der Waals surface area contributed by atoms with Gasteiger partial charge in [0.05, 0.1) is 5.69 Å². The van der Waals surface area contributed by atoms with E-state index < -0.39 is 0 Å². The summed E-state index contributed by atoms with van der Waals surface area (Å²) in [7, 11) is 0. The number of esters is 1. The van der Waals surface area contributed by atoms with Crippen LogP contribution in [0, 0.1) is 0 Å². The maximum absolute atomic E-state index is 10.6. The average molecular weight is 207 g/mol. The van der Waals surface area contributed by atoms with Gasteiger partial charge >= 0.3 is 5.97 Å². The zero-order chi connectivity index (χ0) is 10.8. The van der Waals surface area contributed by atoms with Crippen LogP contribution in [0.15, 0.2) is 12.4 Å². The molecule has 0 atom stereocenters. The zero-order valence-corrected chi connectivity index (χ0v) is 8.04. The first-order valence-electron chi connectivity index (χ1n) is 4.25. The SMILES string of the molecule is CC(=O)OCc1cc(N)n2ncnc2n1. The van der Waals surface area contributed by atoms with Gasteiger partial charge in [0.1, 0.15) is 18.8 Å². The lowest BCUT2D eigenvalue weighted by Crippen LogP contribution is -2.06. The summed E-state index contributed by atoms with van der Waals surface area (Å²) in [6.07, 6.45) is 1.36. The summed E-state index contributed by atoms with van der Waals surface area (Å²) in [5.74, 6) is 0.425. The van der Waals surface area contributed by atoms with Crippen LogP contribution in [0.1, 0.15) is 12.6 Å². The third-order valence-corrected chi connectivity index (χ3v) is 1.76. The van der Waals surface area contributed by atoms with Gasteiger partial charge in [-0.2, -0.15) is 14.6 Å². The van der Waals surface area contributed by atoms with E-state index in [0.29, 0.717) is 17.3 Å². The molecule has 0 amide bonds. The van der Waals surface area contributed by atoms with Gasteiger partial charge in [-0.05, 0) is 0 Å². The van der Waals surface area contributed by atoms with Crippen molar-refractivity contribution in [2.75, 3.05) is 5.73 Å². The number of nitrogens with two attached hydrogens (primary N) is 1. The van der Waals surface area contributed by atoms with E-state index in [2.05, 4.69) is 15.1 Å². The molecule has 0 saturated carbocycles. The molecule has 2 aromatic rings. The van der Waals surface area contributed by atoms with E-state index in [1.54, 1.807) is 6.07 Å². The maximum atomic E-state index is 10.6. The topological polar surface area (TPSA) is 95.4 Å². The summed E-state index contributed by atoms with van der Waals surface area (Å²) >= 11 is 0. The number of aromatic nitrogens is 4. The van der Waals surface area contributed by atoms with Gasteiger partial charge in [-0.3, -0.25) is 4.79 Å². The summed E-state index contributed by atoms with van der Waals surface area (Å²) in [4.78, 5) is 18.6. The fourth-order valence-electron chi connectivity index (χ4n) is 1.14. The van der Waals surface area contributed by atoms with Gasteiger partial charge < -0.3 is 10.5 Å². The number of ether oxygens (including phenoxy) is 1. The Morgan fingerprint density at radius 1 is 1.67 bits per heavy atom. The minimum atomic E-state index is -0.364. The number of anilines is 1. The van der Waals surface area contributed by atoms with Gasteiger partial charge in [0, 0.05) is 13.0 Å². The van der Waals surface area contributed by atoms with Crippen LogP contribution < -0.4 is 5.73 Å². The number of fused-ring (bicyclic) bond motifs is 1. The van der Waals surface area contributed by atoms with Gasteiger partial charge in [-0.25, -0.2) is 4.98 Å². The van der Waals surface area contributed by atoms with Crippen LogP contribution in [0.4, 0.5) is 5.82 Å². The smallest absolute Gasteiger partial charge is 0.303 e. The van der Waals surface area contributed by atoms with E-state index in [0.717, 1.165) is 0 Å². The fourth-order valence-corrected chi connectivity index (χ4v) is 1.14. The number of carbonyl (C=O) groups excluding carboxylic acids is 1. The predicted molar refractivity (Wildman–Crippen MR) is 50.7 cm³/mol. The Hall–Kier alpha value is -2.18. The van der Waals surface area contributed by atoms with Crippen molar-refractivity contribution < 1.29 is 9.53 Å². The highest BCUT2D eigenvalue weighted by molar-refractivity contribution is 5.65. The second-order valence-corrected chi connectivity index (χ2v) is 2.92. The van der Waals surface area contributed by atoms with Crippen LogP contribution in [0.5, 0.6) is 0 Å². The second kappa shape index (κ2) is 3.52. The van der Waals surface area contributed by atoms with E-state index in [-0.39, 0.29) is 12.6 Å². The molecule has 2 heterocycles. The van der Waals surface area contributed by atoms with Crippen LogP contribution in [0.2, 0.25) is 0 Å². The summed E-state index contributed by atoms with van der Waals surface area (Å²) in [6.45, 7) is 1.42. The van der Waals surface area contributed by atoms with Crippen molar-refractivity contribution in [1.82, 2.24) is 19.6 Å². The molecule has 78 valence electrons. The van der Waals surface area contributed by atoms with Crippen molar-refractivity contribution in [3.05, 3.63) is 18.1 Å². The maximum Gasteiger partial charge on any atom is 0.303 e. The fraction of sp³-hybridized carbons (Fsp3) is 0.250. The Kier molecular flexibility index (Phi) is 2.20. The highest BCUT2D eigenvalue weighted by Crippen LogP contribution is 2.07. The van der Waals surface area contributed by atoms with Crippen molar-refractivity contribution in [2.24, 2.45) is 0 Å². The normalized spacial score (nSPS) is 10.5. The Morgan fingerprint density at radius 2 is 2.47 bits per heavy atom. The molecule has 0 spiro atoms. The molecule has 2 aromatic heterocycles. The van der Waals surface area contributed by atoms with E-state index in [4.69, 9.17) is 10.5 Å². The van der Waals surface area contributed by atoms with Crippen molar-refractivity contribution in [3.63, 3.8) is 0 Å². The molecule has 0 aromatic carbocycles. The summed E-state index contributed by atoms with van der Waals surface area (Å²) in [5.41, 5.74) is 6.23. The predicted octanol–water partition coefficient (Wildman–Crippen LogP) is -0.230. The van der Waals surface area contributed by atoms with Gasteiger partial charge in [0.2, 0.25) is 0 Å². The summed E-state index contributed by atoms with van der Waals surface area (Å²) in [5, 5.41) is 3.86.